The summed E-state index contributed by atoms with van der Waals surface area (Å²) in [5.41, 5.74) is 0. The third-order valence-electron chi connectivity index (χ3n) is 3.03. The van der Waals surface area contributed by atoms with Crippen molar-refractivity contribution in [3.05, 3.63) is 64.5 Å². The number of rotatable bonds is 8. The second-order valence-corrected chi connectivity index (χ2v) is 6.72. The molecule has 0 aliphatic carbocycles. The van der Waals surface area contributed by atoms with E-state index in [2.05, 4.69) is 10.2 Å². The molecular weight excluding hydrogens is 383 g/mol. The minimum Gasteiger partial charge on any atom is -0.491 e. The number of thioether (sulfide) groups is 1. The number of ether oxygens (including phenoxy) is 2. The quantitative estimate of drug-likeness (QED) is 0.388. The Morgan fingerprint density at radius 1 is 0.960 bits per heavy atom. The maximum atomic E-state index is 6.02. The van der Waals surface area contributed by atoms with Crippen molar-refractivity contribution in [3.63, 3.8) is 0 Å². The van der Waals surface area contributed by atoms with E-state index in [1.807, 2.05) is 18.2 Å². The number of para-hydroxylation sites is 1. The zero-order chi connectivity index (χ0) is 17.5. The molecule has 0 aliphatic rings. The molecule has 0 saturated carbocycles. The molecule has 0 unspecified atom stereocenters. The number of nitrogens with zero attached hydrogens (tertiary/aromatic N) is 2. The zero-order valence-electron chi connectivity index (χ0n) is 13.0. The van der Waals surface area contributed by atoms with Crippen LogP contribution < -0.4 is 9.47 Å². The highest BCUT2D eigenvalue weighted by Gasteiger charge is 2.08. The zero-order valence-corrected chi connectivity index (χ0v) is 15.4. The molecule has 0 amide bonds. The van der Waals surface area contributed by atoms with Crippen molar-refractivity contribution in [3.8, 4) is 11.5 Å². The first-order valence-electron chi connectivity index (χ1n) is 7.41. The first-order chi connectivity index (χ1) is 12.2. The van der Waals surface area contributed by atoms with E-state index in [1.165, 1.54) is 11.8 Å². The van der Waals surface area contributed by atoms with Gasteiger partial charge in [-0.05, 0) is 36.4 Å². The van der Waals surface area contributed by atoms with Crippen LogP contribution in [0.25, 0.3) is 0 Å². The highest BCUT2D eigenvalue weighted by molar-refractivity contribution is 7.99. The van der Waals surface area contributed by atoms with Gasteiger partial charge in [0.2, 0.25) is 0 Å². The fourth-order valence-electron chi connectivity index (χ4n) is 1.87. The topological polar surface area (TPSA) is 57.4 Å². The van der Waals surface area contributed by atoms with E-state index in [0.717, 1.165) is 0 Å². The highest BCUT2D eigenvalue weighted by Crippen LogP contribution is 2.24. The van der Waals surface area contributed by atoms with Crippen molar-refractivity contribution in [1.29, 1.82) is 0 Å². The van der Waals surface area contributed by atoms with Gasteiger partial charge >= 0.3 is 0 Å². The summed E-state index contributed by atoms with van der Waals surface area (Å²) in [5.74, 6) is 2.41. The molecule has 0 atom stereocenters. The van der Waals surface area contributed by atoms with E-state index in [-0.39, 0.29) is 6.61 Å². The third-order valence-corrected chi connectivity index (χ3v) is 4.37. The van der Waals surface area contributed by atoms with E-state index >= 15 is 0 Å². The van der Waals surface area contributed by atoms with Gasteiger partial charge in [0.15, 0.2) is 6.61 Å². The van der Waals surface area contributed by atoms with Crippen molar-refractivity contribution >= 4 is 35.0 Å². The molecule has 5 nitrogen and oxygen atoms in total. The van der Waals surface area contributed by atoms with Crippen LogP contribution >= 0.6 is 35.0 Å². The highest BCUT2D eigenvalue weighted by atomic mass is 35.5. The van der Waals surface area contributed by atoms with Gasteiger partial charge in [-0.15, -0.1) is 10.2 Å². The van der Waals surface area contributed by atoms with E-state index in [4.69, 9.17) is 37.1 Å². The summed E-state index contributed by atoms with van der Waals surface area (Å²) in [6, 6.07) is 14.4. The van der Waals surface area contributed by atoms with E-state index in [0.29, 0.717) is 45.0 Å². The van der Waals surface area contributed by atoms with Crippen molar-refractivity contribution in [1.82, 2.24) is 10.2 Å². The third kappa shape index (κ3) is 5.56. The maximum Gasteiger partial charge on any atom is 0.276 e. The van der Waals surface area contributed by atoms with E-state index in [9.17, 15) is 0 Å². The summed E-state index contributed by atoms with van der Waals surface area (Å²) in [6.45, 7) is 0.679. The van der Waals surface area contributed by atoms with Gasteiger partial charge in [-0.25, -0.2) is 0 Å². The van der Waals surface area contributed by atoms with Crippen LogP contribution in [0.2, 0.25) is 10.0 Å². The Hall–Kier alpha value is -1.89. The number of hydrogen-bond donors (Lipinski definition) is 0. The van der Waals surface area contributed by atoms with Gasteiger partial charge in [-0.2, -0.15) is 0 Å². The predicted molar refractivity (Wildman–Crippen MR) is 97.8 cm³/mol. The number of hydrogen-bond acceptors (Lipinski definition) is 6. The summed E-state index contributed by atoms with van der Waals surface area (Å²) >= 11 is 13.3. The van der Waals surface area contributed by atoms with Gasteiger partial charge in [-0.3, -0.25) is 0 Å². The van der Waals surface area contributed by atoms with Crippen LogP contribution in [-0.4, -0.2) is 22.6 Å². The summed E-state index contributed by atoms with van der Waals surface area (Å²) in [7, 11) is 0. The van der Waals surface area contributed by atoms with Crippen molar-refractivity contribution < 1.29 is 13.9 Å². The Balaban J connectivity index is 1.41. The Morgan fingerprint density at radius 2 is 1.76 bits per heavy atom. The lowest BCUT2D eigenvalue weighted by Crippen LogP contribution is -2.00. The van der Waals surface area contributed by atoms with Gasteiger partial charge in [0.05, 0.1) is 11.6 Å². The van der Waals surface area contributed by atoms with Gasteiger partial charge in [0, 0.05) is 10.8 Å². The summed E-state index contributed by atoms with van der Waals surface area (Å²) in [6.07, 6.45) is 0. The number of benzene rings is 2. The SMILES string of the molecule is Clc1ccc(OCc2nnc(SCCOc3ccccc3Cl)o2)cc1. The van der Waals surface area contributed by atoms with Crippen LogP contribution in [-0.2, 0) is 6.61 Å². The largest absolute Gasteiger partial charge is 0.491 e. The lowest BCUT2D eigenvalue weighted by molar-refractivity contribution is 0.252. The normalized spacial score (nSPS) is 10.6. The number of halogens is 2. The van der Waals surface area contributed by atoms with E-state index < -0.39 is 0 Å². The van der Waals surface area contributed by atoms with Crippen molar-refractivity contribution in [2.24, 2.45) is 0 Å². The average Bonchev–Trinajstić information content (AvgIpc) is 3.07. The van der Waals surface area contributed by atoms with Crippen molar-refractivity contribution in [2.45, 2.75) is 11.8 Å². The summed E-state index contributed by atoms with van der Waals surface area (Å²) in [4.78, 5) is 0. The lowest BCUT2D eigenvalue weighted by Gasteiger charge is -2.06. The molecule has 0 spiro atoms. The minimum absolute atomic E-state index is 0.200. The predicted octanol–water partition coefficient (Wildman–Crippen LogP) is 5.13. The molecule has 2 aromatic carbocycles. The van der Waals surface area contributed by atoms with Crippen LogP contribution in [0.1, 0.15) is 5.89 Å². The molecule has 25 heavy (non-hydrogen) atoms. The van der Waals surface area contributed by atoms with Gasteiger partial charge in [0.25, 0.3) is 11.1 Å². The molecule has 3 aromatic rings. The number of aromatic nitrogens is 2. The molecule has 1 aromatic heterocycles. The fourth-order valence-corrected chi connectivity index (χ4v) is 2.78. The molecule has 1 heterocycles. The van der Waals surface area contributed by atoms with E-state index in [1.54, 1.807) is 30.3 Å². The molecule has 0 N–H and O–H groups in total. The molecule has 0 fully saturated rings. The molecule has 130 valence electrons. The van der Waals surface area contributed by atoms with Crippen LogP contribution in [0.3, 0.4) is 0 Å². The minimum atomic E-state index is 0.200. The Bertz CT molecular complexity index is 812. The average molecular weight is 397 g/mol. The maximum absolute atomic E-state index is 6.02. The Morgan fingerprint density at radius 3 is 2.56 bits per heavy atom. The molecule has 3 rings (SSSR count). The smallest absolute Gasteiger partial charge is 0.276 e. The second-order valence-electron chi connectivity index (χ2n) is 4.83. The molecule has 0 bridgehead atoms. The van der Waals surface area contributed by atoms with Gasteiger partial charge in [-0.1, -0.05) is 47.1 Å². The monoisotopic (exact) mass is 396 g/mol. The van der Waals surface area contributed by atoms with Crippen molar-refractivity contribution in [2.75, 3.05) is 12.4 Å². The summed E-state index contributed by atoms with van der Waals surface area (Å²) < 4.78 is 16.7. The molecule has 0 saturated heterocycles. The fraction of sp³-hybridized carbons (Fsp3) is 0.176. The first-order valence-corrected chi connectivity index (χ1v) is 9.16. The van der Waals surface area contributed by atoms with Crippen LogP contribution in [0.5, 0.6) is 11.5 Å². The second kappa shape index (κ2) is 8.99. The molecule has 8 heteroatoms. The van der Waals surface area contributed by atoms with Crippen LogP contribution in [0.4, 0.5) is 0 Å². The summed E-state index contributed by atoms with van der Waals surface area (Å²) in [5, 5.41) is 9.63. The first kappa shape index (κ1) is 17.9. The van der Waals surface area contributed by atoms with Gasteiger partial charge in [0.1, 0.15) is 11.5 Å². The van der Waals surface area contributed by atoms with Gasteiger partial charge < -0.3 is 13.9 Å². The Labute approximate surface area is 159 Å². The molecule has 0 aliphatic heterocycles. The van der Waals surface area contributed by atoms with Crippen LogP contribution in [0.15, 0.2) is 58.2 Å². The standard InChI is InChI=1S/C17H14Cl2N2O3S/c18-12-5-7-13(8-6-12)23-11-16-20-21-17(24-16)25-10-9-22-15-4-2-1-3-14(15)19/h1-8H,9-11H2. The molecule has 0 radical (unpaired) electrons. The Kier molecular flexibility index (Phi) is 6.44. The lowest BCUT2D eigenvalue weighted by atomic mass is 10.3. The van der Waals surface area contributed by atoms with Crippen LogP contribution in [0, 0.1) is 0 Å². The molecular formula is C17H14Cl2N2O3S.